The lowest BCUT2D eigenvalue weighted by Gasteiger charge is -2.30. The van der Waals surface area contributed by atoms with E-state index in [1.165, 1.54) is 16.2 Å². The van der Waals surface area contributed by atoms with Crippen LogP contribution in [-0.4, -0.2) is 88.2 Å². The molecule has 8 rings (SSSR count). The van der Waals surface area contributed by atoms with Crippen LogP contribution in [0.15, 0.2) is 52.3 Å². The maximum absolute atomic E-state index is 14.7. The largest absolute Gasteiger partial charge is 0.470 e. The van der Waals surface area contributed by atoms with Gasteiger partial charge in [-0.25, -0.2) is 18.2 Å². The number of carbonyl (C=O) groups excluding carboxylic acids is 4. The molecule has 5 heterocycles. The molecule has 15 nitrogen and oxygen atoms in total. The molecule has 308 valence electrons. The molecule has 3 aromatic heterocycles. The number of hydrogen-bond acceptors (Lipinski definition) is 12. The summed E-state index contributed by atoms with van der Waals surface area (Å²) in [7, 11) is -3.91. The van der Waals surface area contributed by atoms with E-state index in [0.29, 0.717) is 54.6 Å². The van der Waals surface area contributed by atoms with Gasteiger partial charge in [-0.2, -0.15) is 4.98 Å². The molecule has 0 unspecified atom stereocenters. The number of hydrogen-bond donors (Lipinski definition) is 3. The predicted octanol–water partition coefficient (Wildman–Crippen LogP) is 5.66. The van der Waals surface area contributed by atoms with Gasteiger partial charge in [0.05, 0.1) is 16.7 Å². The molecule has 3 fully saturated rings. The zero-order valence-corrected chi connectivity index (χ0v) is 34.5. The van der Waals surface area contributed by atoms with E-state index in [9.17, 15) is 27.6 Å². The molecule has 4 amide bonds. The average Bonchev–Trinajstić information content (AvgIpc) is 4.00. The standard InChI is InChI=1S/C41H48N6O9S2/c1-23-18-19-57-33(23)34-43-31-27-13-10-11-15-30(27)55-32(31)36(44-34)54-25-20-29-35(48)45-41(38(50)46-58(52,53)26-16-17-26)21-24(41)12-8-6-5-7-9-14-28(37(49)47(29)22-25)42-39(51)56-40(2,3)4/h8,10-13,15,18-19,24-26,28-29H,5-7,9,14,16-17,20-22H2,1-4H3,(H,42,51)(H,45,48)(H,46,50)/b12-8-/t24-,25-,28+,29+,41-/m1/s1. The van der Waals surface area contributed by atoms with E-state index in [-0.39, 0.29) is 25.3 Å². The van der Waals surface area contributed by atoms with Crippen LogP contribution in [0.5, 0.6) is 5.88 Å². The molecule has 0 spiro atoms. The van der Waals surface area contributed by atoms with Crippen LogP contribution in [0.2, 0.25) is 0 Å². The van der Waals surface area contributed by atoms with Gasteiger partial charge in [-0.3, -0.25) is 19.1 Å². The number of ether oxygens (including phenoxy) is 2. The van der Waals surface area contributed by atoms with Crippen LogP contribution >= 0.6 is 11.3 Å². The summed E-state index contributed by atoms with van der Waals surface area (Å²) in [5.74, 6) is -1.83. The van der Waals surface area contributed by atoms with Gasteiger partial charge in [-0.05, 0) is 95.4 Å². The van der Waals surface area contributed by atoms with E-state index < -0.39 is 74.3 Å². The van der Waals surface area contributed by atoms with Crippen molar-refractivity contribution in [3.8, 4) is 16.6 Å². The number of allylic oxidation sites excluding steroid dienone is 1. The van der Waals surface area contributed by atoms with Gasteiger partial charge >= 0.3 is 6.09 Å². The maximum atomic E-state index is 14.7. The van der Waals surface area contributed by atoms with Crippen molar-refractivity contribution < 1.29 is 41.5 Å². The summed E-state index contributed by atoms with van der Waals surface area (Å²) in [5, 5.41) is 7.73. The van der Waals surface area contributed by atoms with E-state index in [2.05, 4.69) is 15.4 Å². The minimum atomic E-state index is -3.91. The fourth-order valence-electron chi connectivity index (χ4n) is 7.80. The van der Waals surface area contributed by atoms with E-state index in [1.807, 2.05) is 54.8 Å². The molecule has 0 radical (unpaired) electrons. The third kappa shape index (κ3) is 8.15. The Morgan fingerprint density at radius 2 is 1.86 bits per heavy atom. The second-order valence-electron chi connectivity index (χ2n) is 16.8. The van der Waals surface area contributed by atoms with Crippen molar-refractivity contribution in [2.24, 2.45) is 5.92 Å². The number of para-hydroxylation sites is 1. The van der Waals surface area contributed by atoms with Crippen molar-refractivity contribution in [2.75, 3.05) is 6.54 Å². The summed E-state index contributed by atoms with van der Waals surface area (Å²) in [4.78, 5) is 68.1. The Morgan fingerprint density at radius 3 is 2.60 bits per heavy atom. The monoisotopic (exact) mass is 832 g/mol. The van der Waals surface area contributed by atoms with Gasteiger partial charge in [-0.15, -0.1) is 11.3 Å². The Hall–Kier alpha value is -5.03. The van der Waals surface area contributed by atoms with Crippen LogP contribution in [0.4, 0.5) is 4.79 Å². The molecular formula is C41H48N6O9S2. The number of furan rings is 1. The van der Waals surface area contributed by atoms with Crippen LogP contribution in [0.1, 0.15) is 84.1 Å². The summed E-state index contributed by atoms with van der Waals surface area (Å²) in [6.45, 7) is 7.08. The van der Waals surface area contributed by atoms with Gasteiger partial charge in [0, 0.05) is 17.7 Å². The molecule has 1 saturated heterocycles. The zero-order chi connectivity index (χ0) is 41.0. The van der Waals surface area contributed by atoms with E-state index >= 15 is 0 Å². The van der Waals surface area contributed by atoms with Crippen LogP contribution in [0, 0.1) is 12.8 Å². The van der Waals surface area contributed by atoms with Crippen molar-refractivity contribution in [3.05, 3.63) is 53.4 Å². The molecule has 17 heteroatoms. The first-order chi connectivity index (χ1) is 27.6. The van der Waals surface area contributed by atoms with Gasteiger partial charge in [-0.1, -0.05) is 37.1 Å². The number of sulfonamides is 1. The van der Waals surface area contributed by atoms with Crippen LogP contribution < -0.4 is 20.1 Å². The highest BCUT2D eigenvalue weighted by Gasteiger charge is 2.62. The number of thiophene rings is 1. The van der Waals surface area contributed by atoms with E-state index in [0.717, 1.165) is 28.7 Å². The smallest absolute Gasteiger partial charge is 0.408 e. The lowest BCUT2D eigenvalue weighted by atomic mass is 10.0. The van der Waals surface area contributed by atoms with Crippen LogP contribution in [0.25, 0.3) is 32.8 Å². The summed E-state index contributed by atoms with van der Waals surface area (Å²) in [5.41, 5.74) is 0.0749. The molecule has 2 aliphatic carbocycles. The fraction of sp³-hybridized carbons (Fsp3) is 0.512. The molecular weight excluding hydrogens is 785 g/mol. The van der Waals surface area contributed by atoms with Crippen molar-refractivity contribution in [2.45, 2.75) is 120 Å². The molecule has 2 saturated carbocycles. The number of carbonyl (C=O) groups is 4. The third-order valence-corrected chi connectivity index (χ3v) is 13.9. The molecule has 5 atom stereocenters. The molecule has 4 aromatic rings. The first-order valence-electron chi connectivity index (χ1n) is 19.9. The highest BCUT2D eigenvalue weighted by molar-refractivity contribution is 7.91. The molecule has 58 heavy (non-hydrogen) atoms. The lowest BCUT2D eigenvalue weighted by Crippen LogP contribution is -2.58. The number of fused-ring (bicyclic) bond motifs is 5. The molecule has 2 aliphatic heterocycles. The number of nitrogens with zero attached hydrogens (tertiary/aromatic N) is 3. The number of rotatable bonds is 7. The quantitative estimate of drug-likeness (QED) is 0.194. The Kier molecular flexibility index (Phi) is 10.5. The number of aryl methyl sites for hydroxylation is 1. The van der Waals surface area contributed by atoms with E-state index in [4.69, 9.17) is 23.9 Å². The molecule has 0 bridgehead atoms. The van der Waals surface area contributed by atoms with Crippen molar-refractivity contribution in [1.29, 1.82) is 0 Å². The Morgan fingerprint density at radius 1 is 1.07 bits per heavy atom. The first kappa shape index (κ1) is 39.8. The zero-order valence-electron chi connectivity index (χ0n) is 32.9. The average molecular weight is 833 g/mol. The Bertz CT molecular complexity index is 2420. The molecule has 3 N–H and O–H groups in total. The predicted molar refractivity (Wildman–Crippen MR) is 216 cm³/mol. The SMILES string of the molecule is Cc1ccsc1-c1nc(O[C@@H]2C[C@H]3C(=O)N[C@]4(C(=O)NS(=O)(=O)C5CC5)C[C@H]4/C=C\CCCCC[C@H](NC(=O)OC(C)(C)C)C(=O)N3C2)c2oc3ccccc3c2n1. The molecule has 1 aromatic carbocycles. The topological polar surface area (TPSA) is 199 Å². The number of benzene rings is 1. The normalized spacial score (nSPS) is 26.2. The minimum absolute atomic E-state index is 0.00556. The van der Waals surface area contributed by atoms with Crippen molar-refractivity contribution >= 4 is 67.2 Å². The highest BCUT2D eigenvalue weighted by atomic mass is 32.2. The van der Waals surface area contributed by atoms with Crippen LogP contribution in [0.3, 0.4) is 0 Å². The number of amides is 4. The summed E-state index contributed by atoms with van der Waals surface area (Å²) in [6.07, 6.45) is 6.48. The Labute approximate surface area is 340 Å². The first-order valence-corrected chi connectivity index (χ1v) is 22.3. The lowest BCUT2D eigenvalue weighted by molar-refractivity contribution is -0.141. The fourth-order valence-corrected chi connectivity index (χ4v) is 10.0. The van der Waals surface area contributed by atoms with Gasteiger partial charge in [0.15, 0.2) is 5.82 Å². The summed E-state index contributed by atoms with van der Waals surface area (Å²) in [6, 6.07) is 7.25. The van der Waals surface area contributed by atoms with Gasteiger partial charge in [0.25, 0.3) is 11.8 Å². The highest BCUT2D eigenvalue weighted by Crippen LogP contribution is 2.46. The van der Waals surface area contributed by atoms with Crippen molar-refractivity contribution in [1.82, 2.24) is 30.2 Å². The van der Waals surface area contributed by atoms with Crippen LogP contribution in [-0.2, 0) is 29.1 Å². The number of aromatic nitrogens is 2. The summed E-state index contributed by atoms with van der Waals surface area (Å²) >= 11 is 1.49. The second-order valence-corrected chi connectivity index (χ2v) is 19.6. The third-order valence-electron chi connectivity index (χ3n) is 11.1. The number of alkyl carbamates (subject to hydrolysis) is 1. The second kappa shape index (κ2) is 15.3. The van der Waals surface area contributed by atoms with Gasteiger partial charge in [0.1, 0.15) is 40.4 Å². The number of nitrogens with one attached hydrogen (secondary N) is 3. The van der Waals surface area contributed by atoms with Crippen molar-refractivity contribution in [3.63, 3.8) is 0 Å². The minimum Gasteiger partial charge on any atom is -0.470 e. The van der Waals surface area contributed by atoms with Gasteiger partial charge < -0.3 is 29.4 Å². The van der Waals surface area contributed by atoms with Gasteiger partial charge in [0.2, 0.25) is 27.4 Å². The summed E-state index contributed by atoms with van der Waals surface area (Å²) < 4.78 is 46.5. The Balaban J connectivity index is 1.15. The molecule has 4 aliphatic rings. The maximum Gasteiger partial charge on any atom is 0.408 e. The van der Waals surface area contributed by atoms with E-state index in [1.54, 1.807) is 20.8 Å².